The molecule has 0 aliphatic rings. The van der Waals surface area contributed by atoms with E-state index in [1.165, 1.54) is 37.4 Å². The first-order valence-corrected chi connectivity index (χ1v) is 6.28. The molecule has 0 aliphatic carbocycles. The quantitative estimate of drug-likeness (QED) is 0.693. The molecule has 0 heterocycles. The van der Waals surface area contributed by atoms with Crippen molar-refractivity contribution in [3.05, 3.63) is 58.6 Å². The lowest BCUT2D eigenvalue weighted by Gasteiger charge is -2.09. The van der Waals surface area contributed by atoms with E-state index in [0.29, 0.717) is 10.8 Å². The number of aromatic carboxylic acids is 1. The maximum atomic E-state index is 12.0. The summed E-state index contributed by atoms with van der Waals surface area (Å²) in [6, 6.07) is 10.2. The van der Waals surface area contributed by atoms with Gasteiger partial charge >= 0.3 is 11.9 Å². The van der Waals surface area contributed by atoms with Gasteiger partial charge in [0.05, 0.1) is 12.7 Å². The van der Waals surface area contributed by atoms with E-state index in [1.807, 2.05) is 0 Å². The molecule has 0 amide bonds. The summed E-state index contributed by atoms with van der Waals surface area (Å²) < 4.78 is 10.1. The highest BCUT2D eigenvalue weighted by Gasteiger charge is 2.17. The first-order valence-electron chi connectivity index (χ1n) is 5.90. The molecule has 0 aliphatic heterocycles. The van der Waals surface area contributed by atoms with E-state index < -0.39 is 11.9 Å². The summed E-state index contributed by atoms with van der Waals surface area (Å²) in [4.78, 5) is 23.1. The number of benzene rings is 2. The number of carboxylic acid groups (broad SMARTS) is 1. The minimum absolute atomic E-state index is 0.0817. The van der Waals surface area contributed by atoms with Gasteiger partial charge in [-0.15, -0.1) is 0 Å². The van der Waals surface area contributed by atoms with Crippen LogP contribution in [0.2, 0.25) is 5.02 Å². The zero-order valence-electron chi connectivity index (χ0n) is 11.0. The van der Waals surface area contributed by atoms with Crippen LogP contribution in [0, 0.1) is 0 Å². The van der Waals surface area contributed by atoms with Crippen LogP contribution >= 0.6 is 11.6 Å². The van der Waals surface area contributed by atoms with E-state index in [-0.39, 0.29) is 16.9 Å². The Morgan fingerprint density at radius 1 is 1.10 bits per heavy atom. The maximum Gasteiger partial charge on any atom is 0.343 e. The molecule has 0 bridgehead atoms. The average molecular weight is 307 g/mol. The Kier molecular flexibility index (Phi) is 4.45. The third-order valence-electron chi connectivity index (χ3n) is 2.70. The number of hydrogen-bond donors (Lipinski definition) is 1. The molecule has 2 rings (SSSR count). The van der Waals surface area contributed by atoms with Crippen LogP contribution in [0.3, 0.4) is 0 Å². The second-order valence-corrected chi connectivity index (χ2v) is 4.50. The molecular weight excluding hydrogens is 296 g/mol. The zero-order valence-corrected chi connectivity index (χ0v) is 11.8. The summed E-state index contributed by atoms with van der Waals surface area (Å²) in [6.07, 6.45) is 0. The van der Waals surface area contributed by atoms with Gasteiger partial charge in [0, 0.05) is 11.1 Å². The molecule has 6 heteroatoms. The Morgan fingerprint density at radius 3 is 2.33 bits per heavy atom. The van der Waals surface area contributed by atoms with Crippen LogP contribution in [0.4, 0.5) is 0 Å². The van der Waals surface area contributed by atoms with Crippen molar-refractivity contribution < 1.29 is 24.2 Å². The van der Waals surface area contributed by atoms with Crippen molar-refractivity contribution in [1.29, 1.82) is 0 Å². The molecule has 2 aromatic rings. The van der Waals surface area contributed by atoms with E-state index >= 15 is 0 Å². The van der Waals surface area contributed by atoms with E-state index in [4.69, 9.17) is 26.2 Å². The average Bonchev–Trinajstić information content (AvgIpc) is 2.47. The smallest absolute Gasteiger partial charge is 0.343 e. The molecule has 0 atom stereocenters. The van der Waals surface area contributed by atoms with E-state index in [0.717, 1.165) is 0 Å². The Bertz CT molecular complexity index is 679. The standard InChI is InChI=1S/C15H11ClO5/c1-20-11-6-7-12(14(17)18)13(8-11)21-15(19)9-2-4-10(16)5-3-9/h2-8H,1H3,(H,17,18). The second-order valence-electron chi connectivity index (χ2n) is 4.06. The van der Waals surface area contributed by atoms with Gasteiger partial charge in [-0.05, 0) is 36.4 Å². The Balaban J connectivity index is 2.31. The van der Waals surface area contributed by atoms with Crippen LogP contribution in [-0.2, 0) is 0 Å². The molecule has 0 saturated carbocycles. The van der Waals surface area contributed by atoms with Gasteiger partial charge < -0.3 is 14.6 Å². The lowest BCUT2D eigenvalue weighted by atomic mass is 10.2. The molecule has 1 N–H and O–H groups in total. The van der Waals surface area contributed by atoms with Gasteiger partial charge in [-0.2, -0.15) is 0 Å². The summed E-state index contributed by atoms with van der Waals surface area (Å²) >= 11 is 5.74. The predicted molar refractivity (Wildman–Crippen MR) is 76.4 cm³/mol. The minimum atomic E-state index is -1.20. The number of rotatable bonds is 4. The first-order chi connectivity index (χ1) is 10.0. The normalized spacial score (nSPS) is 10.0. The molecule has 21 heavy (non-hydrogen) atoms. The van der Waals surface area contributed by atoms with Gasteiger partial charge in [0.15, 0.2) is 0 Å². The SMILES string of the molecule is COc1ccc(C(=O)O)c(OC(=O)c2ccc(Cl)cc2)c1. The van der Waals surface area contributed by atoms with Gasteiger partial charge in [-0.3, -0.25) is 0 Å². The number of carboxylic acids is 1. The van der Waals surface area contributed by atoms with Crippen molar-refractivity contribution in [2.75, 3.05) is 7.11 Å². The third kappa shape index (κ3) is 3.52. The lowest BCUT2D eigenvalue weighted by Crippen LogP contribution is -2.11. The second kappa shape index (κ2) is 6.28. The number of carbonyl (C=O) groups excluding carboxylic acids is 1. The van der Waals surface area contributed by atoms with Crippen LogP contribution in [-0.4, -0.2) is 24.2 Å². The maximum absolute atomic E-state index is 12.0. The summed E-state index contributed by atoms with van der Waals surface area (Å²) in [7, 11) is 1.43. The summed E-state index contributed by atoms with van der Waals surface area (Å²) in [5, 5.41) is 9.58. The molecular formula is C15H11ClO5. The molecule has 0 spiro atoms. The largest absolute Gasteiger partial charge is 0.497 e. The van der Waals surface area contributed by atoms with Gasteiger partial charge in [0.2, 0.25) is 0 Å². The van der Waals surface area contributed by atoms with Gasteiger partial charge in [0.25, 0.3) is 0 Å². The molecule has 2 aromatic carbocycles. The zero-order chi connectivity index (χ0) is 15.4. The molecule has 0 unspecified atom stereocenters. The van der Waals surface area contributed by atoms with Crippen molar-refractivity contribution >= 4 is 23.5 Å². The van der Waals surface area contributed by atoms with Crippen LogP contribution in [0.25, 0.3) is 0 Å². The Labute approximate surface area is 125 Å². The highest BCUT2D eigenvalue weighted by Crippen LogP contribution is 2.26. The fourth-order valence-corrected chi connectivity index (χ4v) is 1.76. The van der Waals surface area contributed by atoms with Crippen molar-refractivity contribution in [3.8, 4) is 11.5 Å². The van der Waals surface area contributed by atoms with E-state index in [9.17, 15) is 9.59 Å². The van der Waals surface area contributed by atoms with Crippen molar-refractivity contribution in [2.24, 2.45) is 0 Å². The highest BCUT2D eigenvalue weighted by atomic mass is 35.5. The fourth-order valence-electron chi connectivity index (χ4n) is 1.64. The molecule has 5 nitrogen and oxygen atoms in total. The van der Waals surface area contributed by atoms with E-state index in [2.05, 4.69) is 0 Å². The van der Waals surface area contributed by atoms with Gasteiger partial charge in [-0.25, -0.2) is 9.59 Å². The number of ether oxygens (including phenoxy) is 2. The third-order valence-corrected chi connectivity index (χ3v) is 2.95. The topological polar surface area (TPSA) is 72.8 Å². The molecule has 108 valence electrons. The lowest BCUT2D eigenvalue weighted by molar-refractivity contribution is 0.0681. The molecule has 0 aromatic heterocycles. The minimum Gasteiger partial charge on any atom is -0.497 e. The van der Waals surface area contributed by atoms with E-state index in [1.54, 1.807) is 12.1 Å². The number of esters is 1. The van der Waals surface area contributed by atoms with Crippen molar-refractivity contribution in [3.63, 3.8) is 0 Å². The highest BCUT2D eigenvalue weighted by molar-refractivity contribution is 6.30. The van der Waals surface area contributed by atoms with Gasteiger partial charge in [0.1, 0.15) is 17.1 Å². The number of carbonyl (C=O) groups is 2. The Morgan fingerprint density at radius 2 is 1.76 bits per heavy atom. The fraction of sp³-hybridized carbons (Fsp3) is 0.0667. The molecule has 0 fully saturated rings. The van der Waals surface area contributed by atoms with Gasteiger partial charge in [-0.1, -0.05) is 11.6 Å². The predicted octanol–water partition coefficient (Wildman–Crippen LogP) is 3.27. The van der Waals surface area contributed by atoms with Crippen LogP contribution < -0.4 is 9.47 Å². The van der Waals surface area contributed by atoms with Crippen molar-refractivity contribution in [2.45, 2.75) is 0 Å². The Hall–Kier alpha value is -2.53. The summed E-state index contributed by atoms with van der Waals surface area (Å²) in [6.45, 7) is 0. The van der Waals surface area contributed by atoms with Crippen molar-refractivity contribution in [1.82, 2.24) is 0 Å². The number of halogens is 1. The number of hydrogen-bond acceptors (Lipinski definition) is 4. The molecule has 0 saturated heterocycles. The summed E-state index contributed by atoms with van der Waals surface area (Å²) in [5.74, 6) is -1.57. The molecule has 0 radical (unpaired) electrons. The number of methoxy groups -OCH3 is 1. The first kappa shape index (κ1) is 14.9. The van der Waals surface area contributed by atoms with Crippen LogP contribution in [0.15, 0.2) is 42.5 Å². The van der Waals surface area contributed by atoms with Crippen LogP contribution in [0.1, 0.15) is 20.7 Å². The van der Waals surface area contributed by atoms with Crippen LogP contribution in [0.5, 0.6) is 11.5 Å². The monoisotopic (exact) mass is 306 g/mol. The summed E-state index contributed by atoms with van der Waals surface area (Å²) in [5.41, 5.74) is 0.136.